The van der Waals surface area contributed by atoms with Gasteiger partial charge in [0, 0.05) is 12.0 Å². The summed E-state index contributed by atoms with van der Waals surface area (Å²) in [5.74, 6) is 0.535. The van der Waals surface area contributed by atoms with Crippen LogP contribution in [0.3, 0.4) is 0 Å². The topological polar surface area (TPSA) is 38.3 Å². The predicted molar refractivity (Wildman–Crippen MR) is 53.9 cm³/mol. The molecule has 1 atom stereocenters. The third-order valence-corrected chi connectivity index (χ3v) is 3.35. The Morgan fingerprint density at radius 3 is 3.00 bits per heavy atom. The number of rotatable bonds is 3. The van der Waals surface area contributed by atoms with Crippen LogP contribution in [0.25, 0.3) is 0 Å². The van der Waals surface area contributed by atoms with Crippen LogP contribution in [0.4, 0.5) is 0 Å². The van der Waals surface area contributed by atoms with E-state index in [0.717, 1.165) is 13.0 Å². The lowest BCUT2D eigenvalue weighted by molar-refractivity contribution is -0.144. The van der Waals surface area contributed by atoms with Gasteiger partial charge >= 0.3 is 5.97 Å². The summed E-state index contributed by atoms with van der Waals surface area (Å²) in [6.07, 6.45) is 5.52. The number of hydrogen-bond acceptors (Lipinski definition) is 3. The zero-order chi connectivity index (χ0) is 10.0. The van der Waals surface area contributed by atoms with Crippen LogP contribution in [-0.2, 0) is 9.53 Å². The lowest BCUT2D eigenvalue weighted by Crippen LogP contribution is -2.40. The Balaban J connectivity index is 1.77. The van der Waals surface area contributed by atoms with Gasteiger partial charge in [0.2, 0.25) is 0 Å². The van der Waals surface area contributed by atoms with Gasteiger partial charge in [0.25, 0.3) is 0 Å². The molecule has 1 saturated heterocycles. The first-order chi connectivity index (χ1) is 6.74. The summed E-state index contributed by atoms with van der Waals surface area (Å²) >= 11 is 0. The van der Waals surface area contributed by atoms with Crippen molar-refractivity contribution < 1.29 is 9.53 Å². The Morgan fingerprint density at radius 1 is 1.57 bits per heavy atom. The second-order valence-corrected chi connectivity index (χ2v) is 4.58. The molecular formula is C11H19NO2. The Labute approximate surface area is 85.2 Å². The Bertz CT molecular complexity index is 223. The molecule has 1 aliphatic carbocycles. The second kappa shape index (κ2) is 3.89. The van der Waals surface area contributed by atoms with Crippen LogP contribution in [0.15, 0.2) is 0 Å². The van der Waals surface area contributed by atoms with Crippen molar-refractivity contribution in [3.05, 3.63) is 0 Å². The Morgan fingerprint density at radius 2 is 2.36 bits per heavy atom. The van der Waals surface area contributed by atoms with Gasteiger partial charge in [-0.1, -0.05) is 0 Å². The summed E-state index contributed by atoms with van der Waals surface area (Å²) < 4.78 is 4.97. The molecule has 3 heteroatoms. The van der Waals surface area contributed by atoms with E-state index in [1.54, 1.807) is 0 Å². The van der Waals surface area contributed by atoms with Gasteiger partial charge in [-0.3, -0.25) is 4.79 Å². The van der Waals surface area contributed by atoms with Crippen LogP contribution in [0.1, 0.15) is 39.0 Å². The number of hydrogen-bond donors (Lipinski definition) is 1. The molecule has 3 nitrogen and oxygen atoms in total. The first-order valence-corrected chi connectivity index (χ1v) is 5.65. The van der Waals surface area contributed by atoms with Crippen molar-refractivity contribution in [2.24, 2.45) is 5.92 Å². The van der Waals surface area contributed by atoms with Gasteiger partial charge in [-0.15, -0.1) is 0 Å². The maximum absolute atomic E-state index is 11.3. The van der Waals surface area contributed by atoms with E-state index < -0.39 is 0 Å². The Hall–Kier alpha value is -0.570. The number of piperidine rings is 1. The molecule has 0 aromatic carbocycles. The van der Waals surface area contributed by atoms with Crippen molar-refractivity contribution in [2.45, 2.75) is 44.6 Å². The molecule has 1 spiro atoms. The van der Waals surface area contributed by atoms with Gasteiger partial charge in [-0.05, 0) is 45.1 Å². The van der Waals surface area contributed by atoms with Crippen molar-refractivity contribution in [3.8, 4) is 0 Å². The van der Waals surface area contributed by atoms with Crippen molar-refractivity contribution in [2.75, 3.05) is 13.2 Å². The lowest BCUT2D eigenvalue weighted by Gasteiger charge is -2.29. The molecule has 1 unspecified atom stereocenters. The molecule has 1 N–H and O–H groups in total. The Kier molecular flexibility index (Phi) is 2.77. The van der Waals surface area contributed by atoms with Crippen LogP contribution in [-0.4, -0.2) is 24.7 Å². The number of ether oxygens (including phenoxy) is 1. The molecule has 0 amide bonds. The predicted octanol–water partition coefficient (Wildman–Crippen LogP) is 1.47. The maximum Gasteiger partial charge on any atom is 0.306 e. The van der Waals surface area contributed by atoms with Crippen molar-refractivity contribution in [3.63, 3.8) is 0 Å². The summed E-state index contributed by atoms with van der Waals surface area (Å²) in [6, 6.07) is 0. The van der Waals surface area contributed by atoms with Crippen molar-refractivity contribution >= 4 is 5.97 Å². The van der Waals surface area contributed by atoms with Gasteiger partial charge in [0.15, 0.2) is 0 Å². The maximum atomic E-state index is 11.3. The van der Waals surface area contributed by atoms with E-state index >= 15 is 0 Å². The van der Waals surface area contributed by atoms with E-state index in [0.29, 0.717) is 24.5 Å². The van der Waals surface area contributed by atoms with Crippen LogP contribution in [0.5, 0.6) is 0 Å². The van der Waals surface area contributed by atoms with Crippen LogP contribution >= 0.6 is 0 Å². The fourth-order valence-corrected chi connectivity index (χ4v) is 2.43. The largest absolute Gasteiger partial charge is 0.466 e. The van der Waals surface area contributed by atoms with E-state index in [1.165, 1.54) is 19.3 Å². The monoisotopic (exact) mass is 197 g/mol. The number of carbonyl (C=O) groups is 1. The molecule has 0 bridgehead atoms. The third kappa shape index (κ3) is 2.27. The van der Waals surface area contributed by atoms with E-state index in [1.807, 2.05) is 6.92 Å². The normalized spacial score (nSPS) is 28.8. The summed E-state index contributed by atoms with van der Waals surface area (Å²) in [4.78, 5) is 11.3. The fraction of sp³-hybridized carbons (Fsp3) is 0.909. The highest BCUT2D eigenvalue weighted by Crippen LogP contribution is 2.44. The fourth-order valence-electron chi connectivity index (χ4n) is 2.43. The SMILES string of the molecule is CCOC(=O)CC1CCNC2(CC2)C1. The standard InChI is InChI=1S/C11H19NO2/c1-2-14-10(13)7-9-3-6-12-11(8-9)4-5-11/h9,12H,2-8H2,1H3. The summed E-state index contributed by atoms with van der Waals surface area (Å²) in [5.41, 5.74) is 0.426. The third-order valence-electron chi connectivity index (χ3n) is 3.35. The van der Waals surface area contributed by atoms with Gasteiger partial charge in [0.05, 0.1) is 6.61 Å². The lowest BCUT2D eigenvalue weighted by atomic mass is 9.88. The van der Waals surface area contributed by atoms with Crippen LogP contribution in [0, 0.1) is 5.92 Å². The molecule has 0 aromatic heterocycles. The zero-order valence-electron chi connectivity index (χ0n) is 8.84. The highest BCUT2D eigenvalue weighted by Gasteiger charge is 2.45. The minimum absolute atomic E-state index is 0.0183. The van der Waals surface area contributed by atoms with Crippen molar-refractivity contribution in [1.29, 1.82) is 0 Å². The quantitative estimate of drug-likeness (QED) is 0.696. The van der Waals surface area contributed by atoms with Crippen LogP contribution < -0.4 is 5.32 Å². The number of carbonyl (C=O) groups excluding carboxylic acids is 1. The molecule has 1 saturated carbocycles. The second-order valence-electron chi connectivity index (χ2n) is 4.58. The average molecular weight is 197 g/mol. The number of nitrogens with one attached hydrogen (secondary N) is 1. The molecule has 1 heterocycles. The summed E-state index contributed by atoms with van der Waals surface area (Å²) in [7, 11) is 0. The minimum atomic E-state index is -0.0183. The zero-order valence-corrected chi connectivity index (χ0v) is 8.84. The molecule has 0 radical (unpaired) electrons. The van der Waals surface area contributed by atoms with E-state index in [-0.39, 0.29) is 5.97 Å². The smallest absolute Gasteiger partial charge is 0.306 e. The first-order valence-electron chi connectivity index (χ1n) is 5.65. The molecule has 2 rings (SSSR count). The van der Waals surface area contributed by atoms with Crippen molar-refractivity contribution in [1.82, 2.24) is 5.32 Å². The first kappa shape index (κ1) is 9.97. The molecule has 80 valence electrons. The molecule has 14 heavy (non-hydrogen) atoms. The number of esters is 1. The summed E-state index contributed by atoms with van der Waals surface area (Å²) in [5, 5.41) is 3.55. The van der Waals surface area contributed by atoms with E-state index in [4.69, 9.17) is 4.74 Å². The molecule has 2 aliphatic rings. The van der Waals surface area contributed by atoms with Gasteiger partial charge in [-0.2, -0.15) is 0 Å². The average Bonchev–Trinajstić information content (AvgIpc) is 2.85. The minimum Gasteiger partial charge on any atom is -0.466 e. The molecular weight excluding hydrogens is 178 g/mol. The highest BCUT2D eigenvalue weighted by molar-refractivity contribution is 5.69. The molecule has 0 aromatic rings. The van der Waals surface area contributed by atoms with Gasteiger partial charge < -0.3 is 10.1 Å². The summed E-state index contributed by atoms with van der Waals surface area (Å²) in [6.45, 7) is 3.45. The van der Waals surface area contributed by atoms with Gasteiger partial charge in [0.1, 0.15) is 0 Å². The highest BCUT2D eigenvalue weighted by atomic mass is 16.5. The molecule has 1 aliphatic heterocycles. The molecule has 2 fully saturated rings. The van der Waals surface area contributed by atoms with E-state index in [9.17, 15) is 4.79 Å². The van der Waals surface area contributed by atoms with Crippen LogP contribution in [0.2, 0.25) is 0 Å². The van der Waals surface area contributed by atoms with Gasteiger partial charge in [-0.25, -0.2) is 0 Å². The van der Waals surface area contributed by atoms with E-state index in [2.05, 4.69) is 5.32 Å².